The highest BCUT2D eigenvalue weighted by atomic mass is 35.5. The summed E-state index contributed by atoms with van der Waals surface area (Å²) in [7, 11) is 0. The molecule has 0 bridgehead atoms. The normalized spacial score (nSPS) is 17.0. The molecule has 2 heterocycles. The first kappa shape index (κ1) is 21.1. The summed E-state index contributed by atoms with van der Waals surface area (Å²) in [4.78, 5) is 13.5. The van der Waals surface area contributed by atoms with E-state index < -0.39 is 0 Å². The van der Waals surface area contributed by atoms with Gasteiger partial charge in [0.05, 0.1) is 16.8 Å². The number of aromatic nitrogens is 2. The Morgan fingerprint density at radius 1 is 1.42 bits per heavy atom. The van der Waals surface area contributed by atoms with Crippen molar-refractivity contribution in [2.75, 3.05) is 18.4 Å². The molecule has 0 spiro atoms. The zero-order valence-corrected chi connectivity index (χ0v) is 17.3. The maximum Gasteiger partial charge on any atom is 0.276 e. The van der Waals surface area contributed by atoms with Crippen LogP contribution in [0.2, 0.25) is 5.02 Å². The van der Waals surface area contributed by atoms with Crippen LogP contribution in [0.25, 0.3) is 0 Å². The highest BCUT2D eigenvalue weighted by Crippen LogP contribution is 2.36. The highest BCUT2D eigenvalue weighted by Gasteiger charge is 2.19. The Balaban J connectivity index is 0.00000243. The fourth-order valence-electron chi connectivity index (χ4n) is 2.87. The number of benzene rings is 1. The van der Waals surface area contributed by atoms with E-state index in [-0.39, 0.29) is 18.3 Å². The number of nitrogens with one attached hydrogen (secondary N) is 2. The SMILES string of the molecule is CC(C)Sc1c(Cl)cccc1NC(=O)c1ccn(C2CCCNC2)n1.Cl. The number of rotatable bonds is 5. The Bertz CT molecular complexity index is 745. The van der Waals surface area contributed by atoms with Gasteiger partial charge in [0.1, 0.15) is 0 Å². The van der Waals surface area contributed by atoms with E-state index in [1.54, 1.807) is 17.8 Å². The Kier molecular flexibility index (Phi) is 7.83. The third-order valence-corrected chi connectivity index (χ3v) is 5.63. The average Bonchev–Trinajstić information content (AvgIpc) is 3.09. The van der Waals surface area contributed by atoms with Gasteiger partial charge in [0, 0.05) is 22.9 Å². The van der Waals surface area contributed by atoms with Gasteiger partial charge >= 0.3 is 0 Å². The molecule has 0 aliphatic carbocycles. The van der Waals surface area contributed by atoms with Crippen LogP contribution in [0.5, 0.6) is 0 Å². The van der Waals surface area contributed by atoms with Gasteiger partial charge in [-0.15, -0.1) is 24.2 Å². The highest BCUT2D eigenvalue weighted by molar-refractivity contribution is 8.00. The van der Waals surface area contributed by atoms with Crippen molar-refractivity contribution in [3.8, 4) is 0 Å². The molecule has 1 aliphatic heterocycles. The summed E-state index contributed by atoms with van der Waals surface area (Å²) >= 11 is 7.95. The van der Waals surface area contributed by atoms with Gasteiger partial charge in [0.15, 0.2) is 5.69 Å². The number of hydrogen-bond acceptors (Lipinski definition) is 4. The number of hydrogen-bond donors (Lipinski definition) is 2. The Hall–Kier alpha value is -1.21. The fourth-order valence-corrected chi connectivity index (χ4v) is 4.08. The van der Waals surface area contributed by atoms with Gasteiger partial charge in [-0.1, -0.05) is 31.5 Å². The molecule has 0 saturated carbocycles. The van der Waals surface area contributed by atoms with Crippen molar-refractivity contribution in [3.05, 3.63) is 41.2 Å². The van der Waals surface area contributed by atoms with Crippen molar-refractivity contribution in [2.24, 2.45) is 0 Å². The molecule has 1 aromatic carbocycles. The molecule has 1 fully saturated rings. The van der Waals surface area contributed by atoms with Gasteiger partial charge in [-0.3, -0.25) is 9.48 Å². The average molecular weight is 415 g/mol. The molecule has 142 valence electrons. The van der Waals surface area contributed by atoms with Crippen LogP contribution in [-0.4, -0.2) is 34.0 Å². The first-order valence-corrected chi connectivity index (χ1v) is 9.82. The molecule has 8 heteroatoms. The van der Waals surface area contributed by atoms with Gasteiger partial charge < -0.3 is 10.6 Å². The van der Waals surface area contributed by atoms with Crippen LogP contribution in [0.1, 0.15) is 43.2 Å². The lowest BCUT2D eigenvalue weighted by atomic mass is 10.1. The second-order valence-electron chi connectivity index (χ2n) is 6.42. The summed E-state index contributed by atoms with van der Waals surface area (Å²) < 4.78 is 1.89. The van der Waals surface area contributed by atoms with Crippen molar-refractivity contribution in [1.82, 2.24) is 15.1 Å². The zero-order chi connectivity index (χ0) is 17.8. The summed E-state index contributed by atoms with van der Waals surface area (Å²) in [6.45, 7) is 6.14. The lowest BCUT2D eigenvalue weighted by Gasteiger charge is -2.22. The first-order chi connectivity index (χ1) is 12.0. The first-order valence-electron chi connectivity index (χ1n) is 8.57. The van der Waals surface area contributed by atoms with Gasteiger partial charge in [-0.2, -0.15) is 5.10 Å². The summed E-state index contributed by atoms with van der Waals surface area (Å²) in [6.07, 6.45) is 4.10. The van der Waals surface area contributed by atoms with E-state index >= 15 is 0 Å². The lowest BCUT2D eigenvalue weighted by molar-refractivity contribution is 0.102. The molecule has 5 nitrogen and oxygen atoms in total. The van der Waals surface area contributed by atoms with Crippen LogP contribution < -0.4 is 10.6 Å². The van der Waals surface area contributed by atoms with E-state index in [2.05, 4.69) is 29.6 Å². The van der Waals surface area contributed by atoms with E-state index in [0.29, 0.717) is 22.0 Å². The molecule has 1 amide bonds. The Morgan fingerprint density at radius 2 is 2.23 bits per heavy atom. The smallest absolute Gasteiger partial charge is 0.276 e. The topological polar surface area (TPSA) is 59.0 Å². The number of halogens is 2. The number of nitrogens with zero attached hydrogens (tertiary/aromatic N) is 2. The minimum atomic E-state index is -0.213. The molecule has 2 aromatic rings. The monoisotopic (exact) mass is 414 g/mol. The fraction of sp³-hybridized carbons (Fsp3) is 0.444. The van der Waals surface area contributed by atoms with E-state index in [4.69, 9.17) is 11.6 Å². The molecule has 2 N–H and O–H groups in total. The zero-order valence-electron chi connectivity index (χ0n) is 14.9. The third-order valence-electron chi connectivity index (χ3n) is 4.05. The number of amides is 1. The van der Waals surface area contributed by atoms with E-state index in [9.17, 15) is 4.79 Å². The molecular formula is C18H24Cl2N4OS. The van der Waals surface area contributed by atoms with Crippen molar-refractivity contribution in [2.45, 2.75) is 42.9 Å². The molecule has 3 rings (SSSR count). The number of thioether (sulfide) groups is 1. The van der Waals surface area contributed by atoms with Crippen LogP contribution in [0.3, 0.4) is 0 Å². The van der Waals surface area contributed by atoms with Crippen LogP contribution in [0.4, 0.5) is 5.69 Å². The van der Waals surface area contributed by atoms with Crippen LogP contribution in [-0.2, 0) is 0 Å². The third kappa shape index (κ3) is 5.16. The van der Waals surface area contributed by atoms with Crippen molar-refractivity contribution in [3.63, 3.8) is 0 Å². The van der Waals surface area contributed by atoms with Gasteiger partial charge in [0.2, 0.25) is 0 Å². The quantitative estimate of drug-likeness (QED) is 0.699. The summed E-state index contributed by atoms with van der Waals surface area (Å²) in [5.41, 5.74) is 1.15. The van der Waals surface area contributed by atoms with Crippen molar-refractivity contribution >= 4 is 47.4 Å². The predicted octanol–water partition coefficient (Wildman–Crippen LogP) is 4.64. The number of carbonyl (C=O) groups excluding carboxylic acids is 1. The molecular weight excluding hydrogens is 391 g/mol. The van der Waals surface area contributed by atoms with E-state index in [1.807, 2.05) is 29.1 Å². The predicted molar refractivity (Wildman–Crippen MR) is 111 cm³/mol. The van der Waals surface area contributed by atoms with E-state index in [0.717, 1.165) is 36.5 Å². The molecule has 1 atom stereocenters. The van der Waals surface area contributed by atoms with Crippen LogP contribution >= 0.6 is 35.8 Å². The maximum absolute atomic E-state index is 12.6. The molecule has 1 saturated heterocycles. The standard InChI is InChI=1S/C18H23ClN4OS.ClH/c1-12(2)25-17-14(19)6-3-7-15(17)21-18(24)16-8-10-23(22-16)13-5-4-9-20-11-13;/h3,6-8,10,12-13,20H,4-5,9,11H2,1-2H3,(H,21,24);1H. The van der Waals surface area contributed by atoms with E-state index in [1.165, 1.54) is 0 Å². The summed E-state index contributed by atoms with van der Waals surface area (Å²) in [6, 6.07) is 7.63. The molecule has 1 unspecified atom stereocenters. The van der Waals surface area contributed by atoms with Gasteiger partial charge in [-0.05, 0) is 37.6 Å². The van der Waals surface area contributed by atoms with Crippen LogP contribution in [0.15, 0.2) is 35.4 Å². The number of piperidine rings is 1. The Morgan fingerprint density at radius 3 is 2.92 bits per heavy atom. The van der Waals surface area contributed by atoms with Gasteiger partial charge in [0.25, 0.3) is 5.91 Å². The van der Waals surface area contributed by atoms with Crippen LogP contribution in [0, 0.1) is 0 Å². The second kappa shape index (κ2) is 9.65. The molecule has 0 radical (unpaired) electrons. The lowest BCUT2D eigenvalue weighted by Crippen LogP contribution is -2.32. The van der Waals surface area contributed by atoms with Gasteiger partial charge in [-0.25, -0.2) is 0 Å². The molecule has 1 aliphatic rings. The summed E-state index contributed by atoms with van der Waals surface area (Å²) in [5, 5.41) is 11.8. The van der Waals surface area contributed by atoms with Crippen molar-refractivity contribution < 1.29 is 4.79 Å². The van der Waals surface area contributed by atoms with Crippen molar-refractivity contribution in [1.29, 1.82) is 0 Å². The maximum atomic E-state index is 12.6. The Labute approximate surface area is 169 Å². The second-order valence-corrected chi connectivity index (χ2v) is 8.41. The number of anilines is 1. The summed E-state index contributed by atoms with van der Waals surface area (Å²) in [5.74, 6) is -0.213. The minimum absolute atomic E-state index is 0. The molecule has 26 heavy (non-hydrogen) atoms. The number of carbonyl (C=O) groups is 1. The largest absolute Gasteiger partial charge is 0.320 e. The minimum Gasteiger partial charge on any atom is -0.320 e. The molecule has 1 aromatic heterocycles.